The molecule has 0 radical (unpaired) electrons. The monoisotopic (exact) mass is 273 g/mol. The number of rotatable bonds is 6. The Bertz CT molecular complexity index is 500. The van der Waals surface area contributed by atoms with Crippen LogP contribution in [0.5, 0.6) is 0 Å². The number of H-pyrrole nitrogens is 1. The average Bonchev–Trinajstić information content (AvgIpc) is 2.77. The van der Waals surface area contributed by atoms with E-state index in [9.17, 15) is 8.42 Å². The summed E-state index contributed by atoms with van der Waals surface area (Å²) < 4.78 is 32.0. The molecule has 0 unspecified atom stereocenters. The number of aromatic nitrogens is 1. The summed E-state index contributed by atoms with van der Waals surface area (Å²) in [6.07, 6.45) is 4.32. The molecule has 1 aliphatic carbocycles. The van der Waals surface area contributed by atoms with Crippen LogP contribution in [0.3, 0.4) is 0 Å². The zero-order chi connectivity index (χ0) is 13.2. The highest BCUT2D eigenvalue weighted by molar-refractivity contribution is 7.89. The maximum Gasteiger partial charge on any atom is 0.242 e. The largest absolute Gasteiger partial charge is 0.377 e. The molecule has 4 N–H and O–H groups in total. The molecular weight excluding hydrogens is 254 g/mol. The van der Waals surface area contributed by atoms with Gasteiger partial charge in [-0.3, -0.25) is 0 Å². The third kappa shape index (κ3) is 2.59. The Balaban J connectivity index is 2.03. The topological polar surface area (TPSA) is 97.2 Å². The molecule has 2 rings (SSSR count). The van der Waals surface area contributed by atoms with Crippen molar-refractivity contribution in [3.05, 3.63) is 18.0 Å². The standard InChI is InChI=1S/C11H19N3O3S/c1-17-11(3-2-4-11)8-14-18(15,16)10-5-9(6-12)13-7-10/h5,7,13-14H,2-4,6,8,12H2,1H3. The van der Waals surface area contributed by atoms with Crippen LogP contribution >= 0.6 is 0 Å². The highest BCUT2D eigenvalue weighted by Gasteiger charge is 2.38. The number of ether oxygens (including phenoxy) is 1. The summed E-state index contributed by atoms with van der Waals surface area (Å²) in [6.45, 7) is 0.604. The van der Waals surface area contributed by atoms with Gasteiger partial charge in [0, 0.05) is 32.1 Å². The van der Waals surface area contributed by atoms with Gasteiger partial charge in [-0.2, -0.15) is 0 Å². The van der Waals surface area contributed by atoms with Crippen LogP contribution in [0.15, 0.2) is 17.2 Å². The van der Waals surface area contributed by atoms with Crippen molar-refractivity contribution in [1.82, 2.24) is 9.71 Å². The van der Waals surface area contributed by atoms with E-state index >= 15 is 0 Å². The van der Waals surface area contributed by atoms with Gasteiger partial charge >= 0.3 is 0 Å². The maximum absolute atomic E-state index is 12.0. The van der Waals surface area contributed by atoms with Gasteiger partial charge in [0.15, 0.2) is 0 Å². The Hall–Kier alpha value is -0.890. The van der Waals surface area contributed by atoms with Gasteiger partial charge in [0.25, 0.3) is 0 Å². The summed E-state index contributed by atoms with van der Waals surface area (Å²) in [4.78, 5) is 3.04. The number of nitrogens with two attached hydrogens (primary N) is 1. The molecule has 0 amide bonds. The molecule has 0 spiro atoms. The highest BCUT2D eigenvalue weighted by Crippen LogP contribution is 2.34. The predicted molar refractivity (Wildman–Crippen MR) is 67.5 cm³/mol. The molecule has 0 saturated heterocycles. The Kier molecular flexibility index (Phi) is 3.76. The minimum Gasteiger partial charge on any atom is -0.377 e. The quantitative estimate of drug-likeness (QED) is 0.695. The maximum atomic E-state index is 12.0. The molecule has 1 aromatic rings. The lowest BCUT2D eigenvalue weighted by molar-refractivity contribution is -0.0659. The van der Waals surface area contributed by atoms with E-state index in [1.54, 1.807) is 13.2 Å². The number of nitrogens with one attached hydrogen (secondary N) is 2. The van der Waals surface area contributed by atoms with Crippen molar-refractivity contribution in [2.24, 2.45) is 5.73 Å². The van der Waals surface area contributed by atoms with Gasteiger partial charge < -0.3 is 15.5 Å². The molecule has 0 atom stereocenters. The van der Waals surface area contributed by atoms with E-state index in [0.717, 1.165) is 19.3 Å². The van der Waals surface area contributed by atoms with E-state index in [2.05, 4.69) is 9.71 Å². The molecule has 0 aromatic carbocycles. The number of sulfonamides is 1. The fourth-order valence-corrected chi connectivity index (χ4v) is 3.16. The third-order valence-electron chi connectivity index (χ3n) is 3.53. The normalized spacial score (nSPS) is 18.6. The molecule has 1 fully saturated rings. The van der Waals surface area contributed by atoms with Crippen molar-refractivity contribution in [1.29, 1.82) is 0 Å². The lowest BCUT2D eigenvalue weighted by Crippen LogP contribution is -2.49. The van der Waals surface area contributed by atoms with Crippen molar-refractivity contribution in [2.75, 3.05) is 13.7 Å². The second-order valence-electron chi connectivity index (χ2n) is 4.63. The van der Waals surface area contributed by atoms with Crippen LogP contribution in [0.1, 0.15) is 25.0 Å². The van der Waals surface area contributed by atoms with Crippen LogP contribution in [-0.2, 0) is 21.3 Å². The fraction of sp³-hybridized carbons (Fsp3) is 0.636. The van der Waals surface area contributed by atoms with E-state index in [4.69, 9.17) is 10.5 Å². The van der Waals surface area contributed by atoms with E-state index in [1.165, 1.54) is 6.20 Å². The SMILES string of the molecule is COC1(CNS(=O)(=O)c2c[nH]c(CN)c2)CCC1. The van der Waals surface area contributed by atoms with Gasteiger partial charge in [-0.1, -0.05) is 0 Å². The first-order valence-electron chi connectivity index (χ1n) is 5.93. The summed E-state index contributed by atoms with van der Waals surface area (Å²) in [6, 6.07) is 1.54. The van der Waals surface area contributed by atoms with E-state index in [0.29, 0.717) is 12.2 Å². The zero-order valence-electron chi connectivity index (χ0n) is 10.4. The van der Waals surface area contributed by atoms with Crippen LogP contribution in [0.2, 0.25) is 0 Å². The lowest BCUT2D eigenvalue weighted by Gasteiger charge is -2.40. The second kappa shape index (κ2) is 5.00. The van der Waals surface area contributed by atoms with Gasteiger partial charge in [-0.05, 0) is 25.3 Å². The van der Waals surface area contributed by atoms with Gasteiger partial charge in [-0.25, -0.2) is 13.1 Å². The first kappa shape index (κ1) is 13.5. The Morgan fingerprint density at radius 2 is 2.28 bits per heavy atom. The molecule has 1 heterocycles. The zero-order valence-corrected chi connectivity index (χ0v) is 11.2. The van der Waals surface area contributed by atoms with Crippen molar-refractivity contribution >= 4 is 10.0 Å². The summed E-state index contributed by atoms with van der Waals surface area (Å²) >= 11 is 0. The number of aromatic amines is 1. The van der Waals surface area contributed by atoms with Crippen molar-refractivity contribution in [3.8, 4) is 0 Å². The number of hydrogen-bond donors (Lipinski definition) is 3. The molecule has 1 aromatic heterocycles. The molecule has 102 valence electrons. The van der Waals surface area contributed by atoms with Crippen LogP contribution in [0.25, 0.3) is 0 Å². The van der Waals surface area contributed by atoms with Crippen LogP contribution < -0.4 is 10.5 Å². The minimum absolute atomic E-state index is 0.216. The third-order valence-corrected chi connectivity index (χ3v) is 4.91. The van der Waals surface area contributed by atoms with E-state index < -0.39 is 10.0 Å². The van der Waals surface area contributed by atoms with Crippen molar-refractivity contribution in [3.63, 3.8) is 0 Å². The van der Waals surface area contributed by atoms with E-state index in [1.807, 2.05) is 0 Å². The minimum atomic E-state index is -3.49. The predicted octanol–water partition coefficient (Wildman–Crippen LogP) is 0.321. The second-order valence-corrected chi connectivity index (χ2v) is 6.40. The molecule has 0 aliphatic heterocycles. The Morgan fingerprint density at radius 1 is 1.56 bits per heavy atom. The summed E-state index contributed by atoms with van der Waals surface area (Å²) in [7, 11) is -1.86. The summed E-state index contributed by atoms with van der Waals surface area (Å²) in [5, 5.41) is 0. The van der Waals surface area contributed by atoms with Gasteiger partial charge in [0.1, 0.15) is 0 Å². The van der Waals surface area contributed by atoms with E-state index in [-0.39, 0.29) is 17.0 Å². The smallest absolute Gasteiger partial charge is 0.242 e. The molecule has 1 saturated carbocycles. The van der Waals surface area contributed by atoms with Crippen LogP contribution in [-0.4, -0.2) is 32.7 Å². The molecular formula is C11H19N3O3S. The molecule has 7 heteroatoms. The summed E-state index contributed by atoms with van der Waals surface area (Å²) in [5.74, 6) is 0. The fourth-order valence-electron chi connectivity index (χ4n) is 2.03. The molecule has 1 aliphatic rings. The molecule has 6 nitrogen and oxygen atoms in total. The van der Waals surface area contributed by atoms with Crippen LogP contribution in [0, 0.1) is 0 Å². The van der Waals surface area contributed by atoms with Gasteiger partial charge in [-0.15, -0.1) is 0 Å². The van der Waals surface area contributed by atoms with Gasteiger partial charge in [0.2, 0.25) is 10.0 Å². The average molecular weight is 273 g/mol. The lowest BCUT2D eigenvalue weighted by atomic mass is 9.80. The van der Waals surface area contributed by atoms with Crippen LogP contribution in [0.4, 0.5) is 0 Å². The Morgan fingerprint density at radius 3 is 2.72 bits per heavy atom. The Labute approximate surface area is 107 Å². The molecule has 0 bridgehead atoms. The first-order chi connectivity index (χ1) is 8.51. The number of hydrogen-bond acceptors (Lipinski definition) is 4. The van der Waals surface area contributed by atoms with Gasteiger partial charge in [0.05, 0.1) is 10.5 Å². The highest BCUT2D eigenvalue weighted by atomic mass is 32.2. The number of methoxy groups -OCH3 is 1. The first-order valence-corrected chi connectivity index (χ1v) is 7.42. The van der Waals surface area contributed by atoms with Crippen molar-refractivity contribution in [2.45, 2.75) is 36.3 Å². The van der Waals surface area contributed by atoms with Crippen molar-refractivity contribution < 1.29 is 13.2 Å². The molecule has 18 heavy (non-hydrogen) atoms. The summed E-state index contributed by atoms with van der Waals surface area (Å²) in [5.41, 5.74) is 5.81.